The minimum atomic E-state index is -0.675. The predicted octanol–water partition coefficient (Wildman–Crippen LogP) is 4.49. The molecule has 4 aromatic rings. The summed E-state index contributed by atoms with van der Waals surface area (Å²) in [6, 6.07) is 9.39. The Kier molecular flexibility index (Phi) is 6.00. The highest BCUT2D eigenvalue weighted by Gasteiger charge is 2.22. The van der Waals surface area contributed by atoms with Gasteiger partial charge >= 0.3 is 5.97 Å². The largest absolute Gasteiger partial charge is 0.452 e. The minimum Gasteiger partial charge on any atom is -0.452 e. The number of esters is 1. The number of aromatic nitrogens is 2. The molecule has 0 atom stereocenters. The van der Waals surface area contributed by atoms with Gasteiger partial charge in [0.15, 0.2) is 6.61 Å². The molecule has 9 heteroatoms. The standard InChI is InChI=1S/C23H20FN3O4S/c1-12-8-17(14(3)32-12)19-9-18(21-13(2)27-31-22(21)26-19)23(29)30-11-20(28)25-10-15-4-6-16(24)7-5-15/h4-9H,10-11H2,1-3H3,(H,25,28). The molecule has 164 valence electrons. The van der Waals surface area contributed by atoms with E-state index in [0.29, 0.717) is 16.8 Å². The van der Waals surface area contributed by atoms with Crippen molar-refractivity contribution in [2.75, 3.05) is 6.61 Å². The van der Waals surface area contributed by atoms with Gasteiger partial charge in [-0.3, -0.25) is 4.79 Å². The summed E-state index contributed by atoms with van der Waals surface area (Å²) in [6.45, 7) is 5.42. The molecule has 0 aliphatic carbocycles. The van der Waals surface area contributed by atoms with Crippen LogP contribution in [0, 0.1) is 26.6 Å². The van der Waals surface area contributed by atoms with Crippen molar-refractivity contribution >= 4 is 34.3 Å². The Labute approximate surface area is 187 Å². The smallest absolute Gasteiger partial charge is 0.339 e. The van der Waals surface area contributed by atoms with E-state index >= 15 is 0 Å². The molecular weight excluding hydrogens is 433 g/mol. The van der Waals surface area contributed by atoms with Gasteiger partial charge in [0.05, 0.1) is 22.3 Å². The van der Waals surface area contributed by atoms with Crippen molar-refractivity contribution in [2.24, 2.45) is 0 Å². The summed E-state index contributed by atoms with van der Waals surface area (Å²) in [5.74, 6) is -1.50. The average molecular weight is 453 g/mol. The van der Waals surface area contributed by atoms with Crippen molar-refractivity contribution in [3.63, 3.8) is 0 Å². The van der Waals surface area contributed by atoms with Crippen LogP contribution in [-0.2, 0) is 16.1 Å². The number of ether oxygens (including phenoxy) is 1. The van der Waals surface area contributed by atoms with Crippen LogP contribution < -0.4 is 5.32 Å². The molecular formula is C23H20FN3O4S. The van der Waals surface area contributed by atoms with Crippen LogP contribution in [0.4, 0.5) is 4.39 Å². The first-order valence-corrected chi connectivity index (χ1v) is 10.7. The number of hydrogen-bond donors (Lipinski definition) is 1. The zero-order valence-electron chi connectivity index (χ0n) is 17.7. The van der Waals surface area contributed by atoms with Crippen molar-refractivity contribution in [3.05, 3.63) is 68.8 Å². The topological polar surface area (TPSA) is 94.3 Å². The Balaban J connectivity index is 1.51. The maximum absolute atomic E-state index is 13.0. The monoisotopic (exact) mass is 453 g/mol. The van der Waals surface area contributed by atoms with Crippen LogP contribution in [0.3, 0.4) is 0 Å². The van der Waals surface area contributed by atoms with E-state index in [9.17, 15) is 14.0 Å². The Morgan fingerprint density at radius 1 is 1.16 bits per heavy atom. The maximum Gasteiger partial charge on any atom is 0.339 e. The molecule has 7 nitrogen and oxygen atoms in total. The number of fused-ring (bicyclic) bond motifs is 1. The lowest BCUT2D eigenvalue weighted by molar-refractivity contribution is -0.124. The van der Waals surface area contributed by atoms with Crippen LogP contribution in [0.25, 0.3) is 22.4 Å². The summed E-state index contributed by atoms with van der Waals surface area (Å²) in [5, 5.41) is 7.01. The molecule has 4 rings (SSSR count). The molecule has 32 heavy (non-hydrogen) atoms. The first kappa shape index (κ1) is 21.6. The lowest BCUT2D eigenvalue weighted by Crippen LogP contribution is -2.28. The van der Waals surface area contributed by atoms with Gasteiger partial charge in [-0.15, -0.1) is 11.3 Å². The normalized spacial score (nSPS) is 11.0. The number of nitrogens with zero attached hydrogens (tertiary/aromatic N) is 2. The third-order valence-corrected chi connectivity index (χ3v) is 5.86. The molecule has 0 saturated carbocycles. The van der Waals surface area contributed by atoms with E-state index in [1.165, 1.54) is 12.1 Å². The minimum absolute atomic E-state index is 0.196. The number of amides is 1. The molecule has 0 bridgehead atoms. The number of hydrogen-bond acceptors (Lipinski definition) is 7. The summed E-state index contributed by atoms with van der Waals surface area (Å²) in [7, 11) is 0. The number of halogens is 1. The van der Waals surface area contributed by atoms with Gasteiger partial charge in [-0.2, -0.15) is 0 Å². The number of aryl methyl sites for hydroxylation is 3. The van der Waals surface area contributed by atoms with E-state index < -0.39 is 18.5 Å². The fourth-order valence-electron chi connectivity index (χ4n) is 3.34. The highest BCUT2D eigenvalue weighted by atomic mass is 32.1. The van der Waals surface area contributed by atoms with Gasteiger partial charge < -0.3 is 14.6 Å². The lowest BCUT2D eigenvalue weighted by atomic mass is 10.1. The van der Waals surface area contributed by atoms with Gasteiger partial charge in [-0.25, -0.2) is 14.2 Å². The molecule has 0 unspecified atom stereocenters. The number of rotatable bonds is 6. The molecule has 0 aliphatic rings. The zero-order valence-corrected chi connectivity index (χ0v) is 18.5. The average Bonchev–Trinajstić information content (AvgIpc) is 3.32. The van der Waals surface area contributed by atoms with Crippen molar-refractivity contribution in [2.45, 2.75) is 27.3 Å². The number of benzene rings is 1. The maximum atomic E-state index is 13.0. The van der Waals surface area contributed by atoms with Gasteiger partial charge in [0.1, 0.15) is 5.82 Å². The summed E-state index contributed by atoms with van der Waals surface area (Å²) >= 11 is 1.63. The van der Waals surface area contributed by atoms with E-state index in [1.54, 1.807) is 36.5 Å². The highest BCUT2D eigenvalue weighted by Crippen LogP contribution is 2.33. The second kappa shape index (κ2) is 8.88. The number of carbonyl (C=O) groups is 2. The number of pyridine rings is 1. The SMILES string of the molecule is Cc1cc(-c2cc(C(=O)OCC(=O)NCc3ccc(F)cc3)c3c(C)noc3n2)c(C)s1. The lowest BCUT2D eigenvalue weighted by Gasteiger charge is -2.09. The quantitative estimate of drug-likeness (QED) is 0.433. The Hall–Kier alpha value is -3.59. The van der Waals surface area contributed by atoms with Gasteiger partial charge in [0.25, 0.3) is 11.6 Å². The fraction of sp³-hybridized carbons (Fsp3) is 0.217. The molecule has 3 aromatic heterocycles. The van der Waals surface area contributed by atoms with Crippen molar-refractivity contribution in [1.82, 2.24) is 15.5 Å². The number of thiophene rings is 1. The predicted molar refractivity (Wildman–Crippen MR) is 118 cm³/mol. The fourth-order valence-corrected chi connectivity index (χ4v) is 4.27. The first-order valence-electron chi connectivity index (χ1n) is 9.84. The van der Waals surface area contributed by atoms with Crippen molar-refractivity contribution in [3.8, 4) is 11.3 Å². The third-order valence-electron chi connectivity index (χ3n) is 4.89. The van der Waals surface area contributed by atoms with Crippen LogP contribution in [-0.4, -0.2) is 28.6 Å². The summed E-state index contributed by atoms with van der Waals surface area (Å²) < 4.78 is 23.5. The van der Waals surface area contributed by atoms with E-state index in [4.69, 9.17) is 9.26 Å². The second-order valence-corrected chi connectivity index (χ2v) is 8.77. The van der Waals surface area contributed by atoms with E-state index in [0.717, 1.165) is 20.9 Å². The molecule has 0 radical (unpaired) electrons. The summed E-state index contributed by atoms with van der Waals surface area (Å²) in [6.07, 6.45) is 0. The van der Waals surface area contributed by atoms with Gasteiger partial charge in [-0.1, -0.05) is 17.3 Å². The first-order chi connectivity index (χ1) is 15.3. The molecule has 0 fully saturated rings. The summed E-state index contributed by atoms with van der Waals surface area (Å²) in [5.41, 5.74) is 3.17. The van der Waals surface area contributed by atoms with Crippen LogP contribution >= 0.6 is 11.3 Å². The van der Waals surface area contributed by atoms with Gasteiger partial charge in [-0.05, 0) is 50.6 Å². The Bertz CT molecular complexity index is 1310. The molecule has 0 aliphatic heterocycles. The third kappa shape index (κ3) is 4.52. The van der Waals surface area contributed by atoms with Crippen LogP contribution in [0.15, 0.2) is 40.9 Å². The molecule has 3 heterocycles. The van der Waals surface area contributed by atoms with Crippen LogP contribution in [0.1, 0.15) is 31.4 Å². The molecule has 0 spiro atoms. The molecule has 1 amide bonds. The zero-order chi connectivity index (χ0) is 22.8. The van der Waals surface area contributed by atoms with E-state index in [1.807, 2.05) is 19.9 Å². The number of nitrogens with one attached hydrogen (secondary N) is 1. The van der Waals surface area contributed by atoms with Crippen LogP contribution in [0.5, 0.6) is 0 Å². The second-order valence-electron chi connectivity index (χ2n) is 7.31. The molecule has 1 aromatic carbocycles. The van der Waals surface area contributed by atoms with Gasteiger partial charge in [0.2, 0.25) is 0 Å². The van der Waals surface area contributed by atoms with E-state index in [-0.39, 0.29) is 23.6 Å². The Morgan fingerprint density at radius 3 is 2.59 bits per heavy atom. The van der Waals surface area contributed by atoms with Gasteiger partial charge in [0, 0.05) is 21.9 Å². The van der Waals surface area contributed by atoms with Crippen molar-refractivity contribution in [1.29, 1.82) is 0 Å². The number of carbonyl (C=O) groups excluding carboxylic acids is 2. The highest BCUT2D eigenvalue weighted by molar-refractivity contribution is 7.12. The summed E-state index contributed by atoms with van der Waals surface area (Å²) in [4.78, 5) is 31.7. The molecule has 1 N–H and O–H groups in total. The molecule has 0 saturated heterocycles. The Morgan fingerprint density at radius 2 is 1.91 bits per heavy atom. The van der Waals surface area contributed by atoms with Crippen LogP contribution in [0.2, 0.25) is 0 Å². The van der Waals surface area contributed by atoms with Crippen molar-refractivity contribution < 1.29 is 23.2 Å². The van der Waals surface area contributed by atoms with E-state index in [2.05, 4.69) is 15.5 Å².